The smallest absolute Gasteiger partial charge is 0.289 e. The number of thioether (sulfide) groups is 1. The topological polar surface area (TPSA) is 63.3 Å². The maximum Gasteiger partial charge on any atom is 0.289 e. The standard InChI is InChI=1S/C16H22N4O2S/c1-17-9-12-5-7-20(10-12)15(21)14-4-3-13(22-14)11-23-16-18-6-8-19(16)2/h3-4,6,8,12,17H,5,7,9-11H2,1-2H3. The van der Waals surface area contributed by atoms with Gasteiger partial charge in [0.05, 0.1) is 5.75 Å². The van der Waals surface area contributed by atoms with E-state index in [0.717, 1.165) is 37.0 Å². The van der Waals surface area contributed by atoms with E-state index in [0.29, 0.717) is 17.4 Å². The molecule has 1 unspecified atom stereocenters. The molecule has 0 spiro atoms. The highest BCUT2D eigenvalue weighted by Gasteiger charge is 2.28. The summed E-state index contributed by atoms with van der Waals surface area (Å²) in [6, 6.07) is 3.66. The molecular formula is C16H22N4O2S. The second-order valence-corrected chi connectivity index (χ2v) is 6.78. The number of imidazole rings is 1. The molecule has 1 atom stereocenters. The number of aryl methyl sites for hydroxylation is 1. The van der Waals surface area contributed by atoms with E-state index in [4.69, 9.17) is 4.42 Å². The third kappa shape index (κ3) is 3.79. The van der Waals surface area contributed by atoms with Crippen molar-refractivity contribution in [3.8, 4) is 0 Å². The number of rotatable bonds is 6. The van der Waals surface area contributed by atoms with Gasteiger partial charge in [-0.1, -0.05) is 11.8 Å². The number of nitrogens with one attached hydrogen (secondary N) is 1. The quantitative estimate of drug-likeness (QED) is 0.819. The lowest BCUT2D eigenvalue weighted by molar-refractivity contribution is 0.0754. The van der Waals surface area contributed by atoms with Crippen LogP contribution in [0.5, 0.6) is 0 Å². The van der Waals surface area contributed by atoms with Gasteiger partial charge in [0, 0.05) is 32.5 Å². The zero-order chi connectivity index (χ0) is 16.2. The zero-order valence-electron chi connectivity index (χ0n) is 13.5. The molecule has 124 valence electrons. The van der Waals surface area contributed by atoms with Crippen molar-refractivity contribution >= 4 is 17.7 Å². The lowest BCUT2D eigenvalue weighted by Gasteiger charge is -2.14. The summed E-state index contributed by atoms with van der Waals surface area (Å²) in [7, 11) is 3.91. The van der Waals surface area contributed by atoms with Crippen LogP contribution in [0.1, 0.15) is 22.7 Å². The summed E-state index contributed by atoms with van der Waals surface area (Å²) in [5.74, 6) is 2.44. The molecule has 0 saturated carbocycles. The first-order valence-electron chi connectivity index (χ1n) is 7.80. The van der Waals surface area contributed by atoms with Gasteiger partial charge in [-0.15, -0.1) is 0 Å². The number of furan rings is 1. The molecule has 6 nitrogen and oxygen atoms in total. The molecule has 2 aromatic heterocycles. The molecule has 1 aliphatic rings. The van der Waals surface area contributed by atoms with Crippen molar-refractivity contribution in [2.45, 2.75) is 17.3 Å². The Balaban J connectivity index is 1.56. The van der Waals surface area contributed by atoms with Gasteiger partial charge in [0.2, 0.25) is 0 Å². The van der Waals surface area contributed by atoms with Gasteiger partial charge >= 0.3 is 0 Å². The minimum Gasteiger partial charge on any atom is -0.455 e. The maximum absolute atomic E-state index is 12.5. The van der Waals surface area contributed by atoms with Gasteiger partial charge < -0.3 is 19.2 Å². The Labute approximate surface area is 140 Å². The Bertz CT molecular complexity index is 667. The van der Waals surface area contributed by atoms with Crippen molar-refractivity contribution < 1.29 is 9.21 Å². The van der Waals surface area contributed by atoms with Crippen LogP contribution in [0.3, 0.4) is 0 Å². The molecule has 2 aromatic rings. The van der Waals surface area contributed by atoms with E-state index < -0.39 is 0 Å². The van der Waals surface area contributed by atoms with Gasteiger partial charge in [0.1, 0.15) is 5.76 Å². The largest absolute Gasteiger partial charge is 0.455 e. The summed E-state index contributed by atoms with van der Waals surface area (Å²) >= 11 is 1.60. The van der Waals surface area contributed by atoms with Crippen LogP contribution in [0.2, 0.25) is 0 Å². The Morgan fingerprint density at radius 2 is 2.39 bits per heavy atom. The van der Waals surface area contributed by atoms with Crippen molar-refractivity contribution in [2.75, 3.05) is 26.7 Å². The number of carbonyl (C=O) groups is 1. The van der Waals surface area contributed by atoms with Crippen molar-refractivity contribution in [3.63, 3.8) is 0 Å². The van der Waals surface area contributed by atoms with Crippen molar-refractivity contribution in [2.24, 2.45) is 13.0 Å². The number of hydrogen-bond donors (Lipinski definition) is 1. The molecule has 1 aliphatic heterocycles. The van der Waals surface area contributed by atoms with Crippen molar-refractivity contribution in [1.82, 2.24) is 19.8 Å². The molecule has 1 saturated heterocycles. The van der Waals surface area contributed by atoms with Crippen LogP contribution >= 0.6 is 11.8 Å². The third-order valence-electron chi connectivity index (χ3n) is 4.06. The Hall–Kier alpha value is -1.73. The van der Waals surface area contributed by atoms with E-state index in [1.54, 1.807) is 24.0 Å². The summed E-state index contributed by atoms with van der Waals surface area (Å²) in [5, 5.41) is 4.11. The van der Waals surface area contributed by atoms with Crippen LogP contribution in [0.15, 0.2) is 34.1 Å². The lowest BCUT2D eigenvalue weighted by atomic mass is 10.1. The Morgan fingerprint density at radius 1 is 1.52 bits per heavy atom. The molecule has 7 heteroatoms. The first-order valence-corrected chi connectivity index (χ1v) is 8.78. The first kappa shape index (κ1) is 16.1. The molecule has 3 rings (SSSR count). The van der Waals surface area contributed by atoms with E-state index in [2.05, 4.69) is 10.3 Å². The second-order valence-electron chi connectivity index (χ2n) is 5.84. The SMILES string of the molecule is CNCC1CCN(C(=O)c2ccc(CSc3nccn3C)o2)C1. The molecule has 0 aliphatic carbocycles. The number of likely N-dealkylation sites (tertiary alicyclic amines) is 1. The van der Waals surface area contributed by atoms with Gasteiger partial charge in [-0.05, 0) is 38.1 Å². The molecule has 0 radical (unpaired) electrons. The fourth-order valence-corrected chi connectivity index (χ4v) is 3.65. The molecule has 23 heavy (non-hydrogen) atoms. The van der Waals surface area contributed by atoms with Crippen molar-refractivity contribution in [1.29, 1.82) is 0 Å². The van der Waals surface area contributed by atoms with E-state index >= 15 is 0 Å². The van der Waals surface area contributed by atoms with Crippen LogP contribution < -0.4 is 5.32 Å². The number of amides is 1. The van der Waals surface area contributed by atoms with Crippen LogP contribution in [0.25, 0.3) is 0 Å². The normalized spacial score (nSPS) is 17.8. The van der Waals surface area contributed by atoms with Crippen LogP contribution in [0, 0.1) is 5.92 Å². The average molecular weight is 334 g/mol. The first-order chi connectivity index (χ1) is 11.2. The fourth-order valence-electron chi connectivity index (χ4n) is 2.83. The highest BCUT2D eigenvalue weighted by atomic mass is 32.2. The summed E-state index contributed by atoms with van der Waals surface area (Å²) in [4.78, 5) is 18.6. The number of aromatic nitrogens is 2. The Kier molecular flexibility index (Phi) is 5.07. The van der Waals surface area contributed by atoms with Gasteiger partial charge in [-0.2, -0.15) is 0 Å². The summed E-state index contributed by atoms with van der Waals surface area (Å²) in [6.45, 7) is 2.56. The number of nitrogens with zero attached hydrogens (tertiary/aromatic N) is 3. The van der Waals surface area contributed by atoms with Crippen LogP contribution in [-0.4, -0.2) is 47.0 Å². The van der Waals surface area contributed by atoms with Gasteiger partial charge in [-0.3, -0.25) is 4.79 Å². The molecule has 1 N–H and O–H groups in total. The highest BCUT2D eigenvalue weighted by Crippen LogP contribution is 2.23. The molecular weight excluding hydrogens is 312 g/mol. The second kappa shape index (κ2) is 7.23. The molecule has 0 aromatic carbocycles. The van der Waals surface area contributed by atoms with Gasteiger partial charge in [0.15, 0.2) is 10.9 Å². The minimum absolute atomic E-state index is 0.00292. The zero-order valence-corrected chi connectivity index (χ0v) is 14.3. The fraction of sp³-hybridized carbons (Fsp3) is 0.500. The van der Waals surface area contributed by atoms with E-state index in [-0.39, 0.29) is 5.91 Å². The summed E-state index contributed by atoms with van der Waals surface area (Å²) in [5.41, 5.74) is 0. The highest BCUT2D eigenvalue weighted by molar-refractivity contribution is 7.98. The Morgan fingerprint density at radius 3 is 3.13 bits per heavy atom. The lowest BCUT2D eigenvalue weighted by Crippen LogP contribution is -2.30. The minimum atomic E-state index is -0.00292. The van der Waals surface area contributed by atoms with Crippen molar-refractivity contribution in [3.05, 3.63) is 36.0 Å². The number of carbonyl (C=O) groups excluding carboxylic acids is 1. The predicted molar refractivity (Wildman–Crippen MR) is 89.4 cm³/mol. The average Bonchev–Trinajstić information content (AvgIpc) is 3.26. The van der Waals surface area contributed by atoms with Gasteiger partial charge in [-0.25, -0.2) is 4.98 Å². The monoisotopic (exact) mass is 334 g/mol. The summed E-state index contributed by atoms with van der Waals surface area (Å²) < 4.78 is 7.69. The summed E-state index contributed by atoms with van der Waals surface area (Å²) in [6.07, 6.45) is 4.73. The molecule has 1 amide bonds. The molecule has 1 fully saturated rings. The molecule has 0 bridgehead atoms. The number of hydrogen-bond acceptors (Lipinski definition) is 5. The van der Waals surface area contributed by atoms with E-state index in [9.17, 15) is 4.79 Å². The third-order valence-corrected chi connectivity index (χ3v) is 5.14. The van der Waals surface area contributed by atoms with E-state index in [1.807, 2.05) is 35.8 Å². The maximum atomic E-state index is 12.5. The van der Waals surface area contributed by atoms with Crippen LogP contribution in [0.4, 0.5) is 0 Å². The van der Waals surface area contributed by atoms with Gasteiger partial charge in [0.25, 0.3) is 5.91 Å². The predicted octanol–water partition coefficient (Wildman–Crippen LogP) is 1.99. The molecule has 3 heterocycles. The van der Waals surface area contributed by atoms with Crippen LogP contribution in [-0.2, 0) is 12.8 Å². The van der Waals surface area contributed by atoms with E-state index in [1.165, 1.54) is 0 Å².